The lowest BCUT2D eigenvalue weighted by Gasteiger charge is -2.27. The van der Waals surface area contributed by atoms with Crippen LogP contribution < -0.4 is 10.6 Å². The van der Waals surface area contributed by atoms with Gasteiger partial charge in [-0.25, -0.2) is 4.68 Å². The molecule has 1 unspecified atom stereocenters. The fraction of sp³-hybridized carbons (Fsp3) is 0.250. The maximum Gasteiger partial charge on any atom is 0.256 e. The molecule has 4 aromatic rings. The molecule has 7 heteroatoms. The summed E-state index contributed by atoms with van der Waals surface area (Å²) >= 11 is 0. The number of hydrogen-bond acceptors (Lipinski definition) is 5. The monoisotopic (exact) mass is 467 g/mol. The zero-order valence-electron chi connectivity index (χ0n) is 20.6. The minimum Gasteiger partial charge on any atom is -0.464 e. The molecule has 0 aliphatic carbocycles. The number of hydrogen-bond donors (Lipinski definition) is 2. The summed E-state index contributed by atoms with van der Waals surface area (Å²) in [6.07, 6.45) is 0. The molecular formula is C28H29N5O2. The first kappa shape index (κ1) is 22.7. The van der Waals surface area contributed by atoms with Crippen LogP contribution in [-0.2, 0) is 10.2 Å². The van der Waals surface area contributed by atoms with Crippen molar-refractivity contribution in [3.63, 3.8) is 0 Å². The van der Waals surface area contributed by atoms with Gasteiger partial charge >= 0.3 is 0 Å². The van der Waals surface area contributed by atoms with E-state index >= 15 is 0 Å². The summed E-state index contributed by atoms with van der Waals surface area (Å²) < 4.78 is 7.73. The molecule has 0 saturated carbocycles. The molecular weight excluding hydrogens is 438 g/mol. The van der Waals surface area contributed by atoms with Crippen LogP contribution >= 0.6 is 0 Å². The molecule has 178 valence electrons. The Morgan fingerprint density at radius 3 is 2.34 bits per heavy atom. The molecule has 5 rings (SSSR count). The first-order valence-electron chi connectivity index (χ1n) is 11.7. The van der Waals surface area contributed by atoms with E-state index in [2.05, 4.69) is 43.5 Å². The van der Waals surface area contributed by atoms with Crippen molar-refractivity contribution in [2.45, 2.75) is 46.1 Å². The van der Waals surface area contributed by atoms with Crippen LogP contribution in [0.1, 0.15) is 50.8 Å². The number of anilines is 2. The molecule has 0 bridgehead atoms. The third kappa shape index (κ3) is 4.37. The number of carbonyl (C=O) groups excluding carboxylic acids is 1. The van der Waals surface area contributed by atoms with Gasteiger partial charge in [0.1, 0.15) is 17.6 Å². The number of amides is 1. The van der Waals surface area contributed by atoms with Crippen molar-refractivity contribution in [1.82, 2.24) is 14.8 Å². The van der Waals surface area contributed by atoms with E-state index in [1.54, 1.807) is 4.68 Å². The first-order valence-corrected chi connectivity index (χ1v) is 11.7. The van der Waals surface area contributed by atoms with E-state index in [0.717, 1.165) is 17.0 Å². The van der Waals surface area contributed by atoms with Crippen LogP contribution in [0.5, 0.6) is 0 Å². The molecule has 1 amide bonds. The van der Waals surface area contributed by atoms with Crippen LogP contribution in [0, 0.1) is 6.92 Å². The predicted octanol–water partition coefficient (Wildman–Crippen LogP) is 6.07. The van der Waals surface area contributed by atoms with Gasteiger partial charge in [0.2, 0.25) is 5.95 Å². The maximum absolute atomic E-state index is 13.5. The average molecular weight is 468 g/mol. The molecule has 2 aromatic heterocycles. The van der Waals surface area contributed by atoms with Gasteiger partial charge in [0.25, 0.3) is 5.91 Å². The highest BCUT2D eigenvalue weighted by atomic mass is 16.3. The van der Waals surface area contributed by atoms with E-state index in [0.29, 0.717) is 28.8 Å². The highest BCUT2D eigenvalue weighted by molar-refractivity contribution is 6.05. The molecule has 1 atom stereocenters. The Morgan fingerprint density at radius 1 is 1.00 bits per heavy atom. The molecule has 2 aromatic carbocycles. The molecule has 0 radical (unpaired) electrons. The van der Waals surface area contributed by atoms with Gasteiger partial charge in [-0.05, 0) is 49.1 Å². The fourth-order valence-electron chi connectivity index (χ4n) is 4.27. The number of furan rings is 1. The number of fused-ring (bicyclic) bond motifs is 1. The lowest BCUT2D eigenvalue weighted by Crippen LogP contribution is -2.31. The van der Waals surface area contributed by atoms with Crippen LogP contribution in [0.4, 0.5) is 11.6 Å². The number of allylic oxidation sites excluding steroid dienone is 1. The molecule has 0 fully saturated rings. The zero-order valence-corrected chi connectivity index (χ0v) is 20.6. The second-order valence-corrected chi connectivity index (χ2v) is 9.87. The number of para-hydroxylation sites is 1. The lowest BCUT2D eigenvalue weighted by molar-refractivity contribution is -0.113. The van der Waals surface area contributed by atoms with Gasteiger partial charge in [0.05, 0.1) is 5.57 Å². The standard InChI is InChI=1S/C28H29N5O2/c1-17-11-16-22(35-17)24-23(26(34)30-21-9-7-6-8-10-21)18(2)29-27-31-25(32-33(24)27)19-12-14-20(15-13-19)28(3,4)5/h6-16,24H,1-5H3,(H,30,34)(H,29,31,32). The first-order chi connectivity index (χ1) is 16.7. The summed E-state index contributed by atoms with van der Waals surface area (Å²) in [4.78, 5) is 18.2. The molecule has 35 heavy (non-hydrogen) atoms. The van der Waals surface area contributed by atoms with Crippen LogP contribution in [0.2, 0.25) is 0 Å². The van der Waals surface area contributed by atoms with Crippen LogP contribution in [0.3, 0.4) is 0 Å². The molecule has 2 N–H and O–H groups in total. The van der Waals surface area contributed by atoms with Gasteiger partial charge in [0, 0.05) is 16.9 Å². The van der Waals surface area contributed by atoms with Gasteiger partial charge in [-0.2, -0.15) is 4.98 Å². The summed E-state index contributed by atoms with van der Waals surface area (Å²) in [5.74, 6) is 2.31. The Labute approximate surface area is 204 Å². The Kier molecular flexibility index (Phi) is 5.55. The van der Waals surface area contributed by atoms with Crippen molar-refractivity contribution in [1.29, 1.82) is 0 Å². The second-order valence-electron chi connectivity index (χ2n) is 9.87. The van der Waals surface area contributed by atoms with Crippen molar-refractivity contribution in [3.05, 3.63) is 95.1 Å². The van der Waals surface area contributed by atoms with Crippen molar-refractivity contribution in [2.24, 2.45) is 0 Å². The van der Waals surface area contributed by atoms with Crippen LogP contribution in [0.25, 0.3) is 11.4 Å². The predicted molar refractivity (Wildman–Crippen MR) is 137 cm³/mol. The largest absolute Gasteiger partial charge is 0.464 e. The molecule has 0 saturated heterocycles. The smallest absolute Gasteiger partial charge is 0.256 e. The number of benzene rings is 2. The van der Waals surface area contributed by atoms with Crippen molar-refractivity contribution in [2.75, 3.05) is 10.6 Å². The Balaban J connectivity index is 1.55. The van der Waals surface area contributed by atoms with Gasteiger partial charge in [-0.15, -0.1) is 5.10 Å². The summed E-state index contributed by atoms with van der Waals surface area (Å²) in [5, 5.41) is 11.1. The van der Waals surface area contributed by atoms with Crippen molar-refractivity contribution >= 4 is 17.5 Å². The van der Waals surface area contributed by atoms with Gasteiger partial charge in [-0.1, -0.05) is 63.2 Å². The topological polar surface area (TPSA) is 85.0 Å². The van der Waals surface area contributed by atoms with Gasteiger partial charge in [0.15, 0.2) is 5.82 Å². The average Bonchev–Trinajstić information content (AvgIpc) is 3.44. The normalized spacial score (nSPS) is 15.5. The Morgan fingerprint density at radius 2 is 1.71 bits per heavy atom. The van der Waals surface area contributed by atoms with Crippen molar-refractivity contribution < 1.29 is 9.21 Å². The van der Waals surface area contributed by atoms with E-state index in [1.165, 1.54) is 5.56 Å². The van der Waals surface area contributed by atoms with Crippen molar-refractivity contribution in [3.8, 4) is 11.4 Å². The molecule has 0 spiro atoms. The summed E-state index contributed by atoms with van der Waals surface area (Å²) in [6, 6.07) is 20.9. The van der Waals surface area contributed by atoms with E-state index in [9.17, 15) is 4.79 Å². The SMILES string of the molecule is CC1=C(C(=O)Nc2ccccc2)C(c2ccc(C)o2)n2nc(-c3ccc(C(C)(C)C)cc3)nc2N1. The molecule has 3 heterocycles. The minimum atomic E-state index is -0.557. The zero-order chi connectivity index (χ0) is 24.7. The number of aryl methyl sites for hydroxylation is 1. The van der Waals surface area contributed by atoms with E-state index < -0.39 is 6.04 Å². The number of rotatable bonds is 4. The van der Waals surface area contributed by atoms with Gasteiger partial charge < -0.3 is 15.1 Å². The summed E-state index contributed by atoms with van der Waals surface area (Å²) in [7, 11) is 0. The summed E-state index contributed by atoms with van der Waals surface area (Å²) in [5.41, 5.74) is 4.15. The number of carbonyl (C=O) groups is 1. The van der Waals surface area contributed by atoms with E-state index in [4.69, 9.17) is 14.5 Å². The number of aromatic nitrogens is 3. The molecule has 7 nitrogen and oxygen atoms in total. The molecule has 1 aliphatic rings. The van der Waals surface area contributed by atoms with Gasteiger partial charge in [-0.3, -0.25) is 4.79 Å². The number of nitrogens with one attached hydrogen (secondary N) is 2. The number of nitrogens with zero attached hydrogens (tertiary/aromatic N) is 3. The van der Waals surface area contributed by atoms with Crippen LogP contribution in [0.15, 0.2) is 82.4 Å². The van der Waals surface area contributed by atoms with E-state index in [-0.39, 0.29) is 11.3 Å². The Bertz CT molecular complexity index is 1410. The maximum atomic E-state index is 13.5. The minimum absolute atomic E-state index is 0.0608. The second kappa shape index (κ2) is 8.58. The van der Waals surface area contributed by atoms with E-state index in [1.807, 2.05) is 68.4 Å². The summed E-state index contributed by atoms with van der Waals surface area (Å²) in [6.45, 7) is 10.3. The van der Waals surface area contributed by atoms with Crippen LogP contribution in [-0.4, -0.2) is 20.7 Å². The Hall–Kier alpha value is -4.13. The lowest BCUT2D eigenvalue weighted by atomic mass is 9.87. The third-order valence-corrected chi connectivity index (χ3v) is 6.17. The highest BCUT2D eigenvalue weighted by Gasteiger charge is 2.36. The highest BCUT2D eigenvalue weighted by Crippen LogP contribution is 2.37. The third-order valence-electron chi connectivity index (χ3n) is 6.17. The fourth-order valence-corrected chi connectivity index (χ4v) is 4.27. The quantitative estimate of drug-likeness (QED) is 0.380. The molecule has 1 aliphatic heterocycles.